The number of ether oxygens (including phenoxy) is 1. The lowest BCUT2D eigenvalue weighted by Gasteiger charge is -2.47. The van der Waals surface area contributed by atoms with Crippen LogP contribution in [-0.4, -0.2) is 62.6 Å². The Bertz CT molecular complexity index is 1320. The quantitative estimate of drug-likeness (QED) is 0.374. The van der Waals surface area contributed by atoms with Crippen molar-refractivity contribution >= 4 is 28.2 Å². The van der Waals surface area contributed by atoms with Crippen LogP contribution >= 0.6 is 11.3 Å². The van der Waals surface area contributed by atoms with Crippen LogP contribution in [0, 0.1) is 6.92 Å². The van der Waals surface area contributed by atoms with Crippen molar-refractivity contribution < 1.29 is 29.0 Å². The fourth-order valence-corrected chi connectivity index (χ4v) is 6.58. The fourth-order valence-electron chi connectivity index (χ4n) is 5.31. The Kier molecular flexibility index (Phi) is 7.51. The highest BCUT2D eigenvalue weighted by atomic mass is 32.1. The molecule has 1 aliphatic carbocycles. The number of aliphatic hydroxyl groups is 1. The van der Waals surface area contributed by atoms with Crippen LogP contribution in [0.3, 0.4) is 0 Å². The van der Waals surface area contributed by atoms with Crippen molar-refractivity contribution in [2.24, 2.45) is 5.73 Å². The number of carboxylic acid groups (broad SMARTS) is 1. The first kappa shape index (κ1) is 27.3. The van der Waals surface area contributed by atoms with Gasteiger partial charge in [-0.2, -0.15) is 0 Å². The standard InChI is InChI=1S/C28H34N4O6S/c1-16-21-24(33)32(28(2,3)26(34)35)27(36)31(25(21)39-22(16)23-30-13-14-37-23)15-20(17-7-5-4-6-8-17)38-19-11-9-18(29)10-12-19/h4-8,13-14,18-20,27,36H,9-12,15,29H2,1-3H3,(H,34,35)/t18?,19?,20-,27?/m0/s1. The van der Waals surface area contributed by atoms with Crippen molar-refractivity contribution in [3.05, 3.63) is 59.5 Å². The molecule has 1 saturated carbocycles. The predicted octanol–water partition coefficient (Wildman–Crippen LogP) is 4.14. The number of carboxylic acids is 1. The van der Waals surface area contributed by atoms with E-state index >= 15 is 0 Å². The van der Waals surface area contributed by atoms with Crippen molar-refractivity contribution in [3.63, 3.8) is 0 Å². The van der Waals surface area contributed by atoms with E-state index in [1.807, 2.05) is 30.3 Å². The Balaban J connectivity index is 1.58. The maximum Gasteiger partial charge on any atom is 0.329 e. The lowest BCUT2D eigenvalue weighted by molar-refractivity contribution is -0.154. The van der Waals surface area contributed by atoms with Gasteiger partial charge in [0.1, 0.15) is 22.9 Å². The summed E-state index contributed by atoms with van der Waals surface area (Å²) in [5.41, 5.74) is 6.29. The molecule has 2 atom stereocenters. The molecule has 1 amide bonds. The second-order valence-corrected chi connectivity index (χ2v) is 11.7. The normalized spacial score (nSPS) is 22.6. The molecule has 0 bridgehead atoms. The number of rotatable bonds is 8. The van der Waals surface area contributed by atoms with E-state index in [9.17, 15) is 19.8 Å². The Labute approximate surface area is 231 Å². The van der Waals surface area contributed by atoms with E-state index < -0.39 is 29.9 Å². The topological polar surface area (TPSA) is 142 Å². The number of thiophene rings is 1. The van der Waals surface area contributed by atoms with Gasteiger partial charge in [0.25, 0.3) is 5.91 Å². The van der Waals surface area contributed by atoms with Crippen LogP contribution in [0.4, 0.5) is 5.00 Å². The highest BCUT2D eigenvalue weighted by Gasteiger charge is 2.50. The summed E-state index contributed by atoms with van der Waals surface area (Å²) in [7, 11) is 0. The number of oxazole rings is 1. The van der Waals surface area contributed by atoms with Gasteiger partial charge in [0.05, 0.1) is 29.3 Å². The molecule has 1 aliphatic heterocycles. The van der Waals surface area contributed by atoms with Gasteiger partial charge in [0, 0.05) is 6.04 Å². The van der Waals surface area contributed by atoms with E-state index in [4.69, 9.17) is 14.9 Å². The van der Waals surface area contributed by atoms with E-state index in [-0.39, 0.29) is 18.7 Å². The Morgan fingerprint density at radius 2 is 1.95 bits per heavy atom. The molecule has 2 aromatic heterocycles. The second kappa shape index (κ2) is 10.7. The molecule has 3 heterocycles. The number of nitrogens with zero attached hydrogens (tertiary/aromatic N) is 3. The summed E-state index contributed by atoms with van der Waals surface area (Å²) in [6.45, 7) is 4.79. The van der Waals surface area contributed by atoms with Gasteiger partial charge in [-0.05, 0) is 57.6 Å². The molecule has 10 nitrogen and oxygen atoms in total. The summed E-state index contributed by atoms with van der Waals surface area (Å²) in [5, 5.41) is 22.2. The zero-order valence-corrected chi connectivity index (χ0v) is 23.1. The van der Waals surface area contributed by atoms with Gasteiger partial charge in [-0.1, -0.05) is 30.3 Å². The van der Waals surface area contributed by atoms with Crippen LogP contribution in [0.2, 0.25) is 0 Å². The predicted molar refractivity (Wildman–Crippen MR) is 146 cm³/mol. The van der Waals surface area contributed by atoms with Crippen LogP contribution in [0.15, 0.2) is 47.2 Å². The molecular weight excluding hydrogens is 520 g/mol. The Morgan fingerprint density at radius 1 is 1.26 bits per heavy atom. The molecule has 11 heteroatoms. The van der Waals surface area contributed by atoms with Crippen molar-refractivity contribution in [1.29, 1.82) is 0 Å². The smallest absolute Gasteiger partial charge is 0.329 e. The van der Waals surface area contributed by atoms with Crippen molar-refractivity contribution in [1.82, 2.24) is 9.88 Å². The third-order valence-electron chi connectivity index (χ3n) is 7.69. The zero-order valence-electron chi connectivity index (χ0n) is 22.2. The maximum absolute atomic E-state index is 13.8. The molecule has 3 aromatic rings. The van der Waals surface area contributed by atoms with Gasteiger partial charge >= 0.3 is 5.97 Å². The van der Waals surface area contributed by atoms with Gasteiger partial charge in [-0.15, -0.1) is 11.3 Å². The fraction of sp³-hybridized carbons (Fsp3) is 0.464. The summed E-state index contributed by atoms with van der Waals surface area (Å²) in [6, 6.07) is 9.90. The van der Waals surface area contributed by atoms with Crippen molar-refractivity contribution in [2.75, 3.05) is 11.4 Å². The first-order valence-corrected chi connectivity index (χ1v) is 13.9. The van der Waals surface area contributed by atoms with Gasteiger partial charge in [-0.25, -0.2) is 9.78 Å². The van der Waals surface area contributed by atoms with Crippen LogP contribution in [-0.2, 0) is 9.53 Å². The summed E-state index contributed by atoms with van der Waals surface area (Å²) in [5.74, 6) is -1.44. The molecule has 0 saturated heterocycles. The number of carbonyl (C=O) groups excluding carboxylic acids is 1. The first-order chi connectivity index (χ1) is 18.6. The lowest BCUT2D eigenvalue weighted by atomic mass is 9.93. The molecule has 5 rings (SSSR count). The molecule has 1 fully saturated rings. The van der Waals surface area contributed by atoms with E-state index in [0.717, 1.165) is 36.1 Å². The number of hydrogen-bond acceptors (Lipinski definition) is 9. The number of carbonyl (C=O) groups is 2. The van der Waals surface area contributed by atoms with E-state index in [1.165, 1.54) is 37.6 Å². The average molecular weight is 555 g/mol. The van der Waals surface area contributed by atoms with Crippen molar-refractivity contribution in [3.8, 4) is 10.8 Å². The number of aromatic nitrogens is 1. The minimum atomic E-state index is -1.69. The first-order valence-electron chi connectivity index (χ1n) is 13.1. The van der Waals surface area contributed by atoms with Crippen molar-refractivity contribution in [2.45, 2.75) is 76.6 Å². The third-order valence-corrected chi connectivity index (χ3v) is 9.01. The summed E-state index contributed by atoms with van der Waals surface area (Å²) >= 11 is 1.28. The molecule has 1 unspecified atom stereocenters. The minimum absolute atomic E-state index is 0.00226. The minimum Gasteiger partial charge on any atom is -0.480 e. The molecule has 39 heavy (non-hydrogen) atoms. The Hall–Kier alpha value is -3.25. The van der Waals surface area contributed by atoms with Crippen LogP contribution < -0.4 is 10.6 Å². The van der Waals surface area contributed by atoms with E-state index in [1.54, 1.807) is 11.8 Å². The number of hydrogen-bond donors (Lipinski definition) is 3. The monoisotopic (exact) mass is 554 g/mol. The highest BCUT2D eigenvalue weighted by Crippen LogP contribution is 2.47. The van der Waals surface area contributed by atoms with Crippen LogP contribution in [0.5, 0.6) is 0 Å². The van der Waals surface area contributed by atoms with Gasteiger partial charge in [0.2, 0.25) is 12.2 Å². The number of aliphatic carboxylic acids is 1. The number of amides is 1. The molecule has 208 valence electrons. The molecule has 0 spiro atoms. The third kappa shape index (κ3) is 5.07. The molecular formula is C28H34N4O6S. The Morgan fingerprint density at radius 3 is 2.56 bits per heavy atom. The summed E-state index contributed by atoms with van der Waals surface area (Å²) in [4.78, 5) is 33.7. The van der Waals surface area contributed by atoms with Gasteiger partial charge in [-0.3, -0.25) is 9.69 Å². The van der Waals surface area contributed by atoms with Crippen LogP contribution in [0.25, 0.3) is 10.8 Å². The van der Waals surface area contributed by atoms with Gasteiger partial charge < -0.3 is 30.0 Å². The van der Waals surface area contributed by atoms with Crippen LogP contribution in [0.1, 0.15) is 67.1 Å². The number of aliphatic hydroxyl groups excluding tert-OH is 1. The largest absolute Gasteiger partial charge is 0.480 e. The number of anilines is 1. The molecule has 2 aliphatic rings. The average Bonchev–Trinajstić information content (AvgIpc) is 3.55. The number of nitrogens with two attached hydrogens (primary N) is 1. The van der Waals surface area contributed by atoms with E-state index in [2.05, 4.69) is 4.98 Å². The summed E-state index contributed by atoms with van der Waals surface area (Å²) < 4.78 is 12.2. The van der Waals surface area contributed by atoms with Gasteiger partial charge in [0.15, 0.2) is 0 Å². The molecule has 0 radical (unpaired) electrons. The molecule has 1 aromatic carbocycles. The lowest BCUT2D eigenvalue weighted by Crippen LogP contribution is -2.65. The zero-order chi connectivity index (χ0) is 27.9. The summed E-state index contributed by atoms with van der Waals surface area (Å²) in [6.07, 6.45) is 4.40. The second-order valence-electron chi connectivity index (χ2n) is 10.7. The van der Waals surface area contributed by atoms with E-state index in [0.29, 0.717) is 26.9 Å². The highest BCUT2D eigenvalue weighted by molar-refractivity contribution is 7.20. The SMILES string of the molecule is Cc1c(-c2ncco2)sc2c1C(=O)N(C(C)(C)C(=O)O)C(O)N2C[C@H](OC1CCC(N)CC1)c1ccccc1. The number of benzene rings is 1. The maximum atomic E-state index is 13.8. The number of fused-ring (bicyclic) bond motifs is 1. The molecule has 4 N–H and O–H groups in total.